The zero-order chi connectivity index (χ0) is 22.1. The first-order valence-electron chi connectivity index (χ1n) is 7.89. The predicted molar refractivity (Wildman–Crippen MR) is 100 cm³/mol. The first-order valence-corrected chi connectivity index (χ1v) is 10.2. The lowest BCUT2D eigenvalue weighted by Crippen LogP contribution is -2.71. The van der Waals surface area contributed by atoms with Gasteiger partial charge in [-0.2, -0.15) is 8.42 Å². The molecule has 1 aliphatic heterocycles. The van der Waals surface area contributed by atoms with E-state index >= 15 is 0 Å². The van der Waals surface area contributed by atoms with Crippen molar-refractivity contribution in [3.63, 3.8) is 0 Å². The standard InChI is InChI=1S/C13H19N7O7S2/c1-5-7(10(22)20(5)29(24,25)26)17-9(21)8(6-4-28-12(14)16-6)19-27-13(2,3)11(23)18-15/h4-5,7H,15H2,1-3H3,(H2,14,16)(H,17,21)(H,18,23)(H,24,25,26)/b19-8-/t5-,7-/m0/s1. The third-order valence-electron chi connectivity index (χ3n) is 3.89. The van der Waals surface area contributed by atoms with E-state index < -0.39 is 51.4 Å². The molecule has 0 aliphatic carbocycles. The number of hydrogen-bond donors (Lipinski definition) is 5. The normalized spacial score (nSPS) is 20.1. The largest absolute Gasteiger partial charge is 0.379 e. The maximum atomic E-state index is 12.7. The summed E-state index contributed by atoms with van der Waals surface area (Å²) in [5.74, 6) is 2.35. The molecular formula is C13H19N7O7S2. The summed E-state index contributed by atoms with van der Waals surface area (Å²) in [4.78, 5) is 45.4. The second-order valence-electron chi connectivity index (χ2n) is 6.39. The fourth-order valence-corrected chi connectivity index (χ4v) is 3.72. The Morgan fingerprint density at radius 1 is 1.45 bits per heavy atom. The number of nitrogens with two attached hydrogens (primary N) is 2. The molecule has 0 aromatic carbocycles. The Bertz CT molecular complexity index is 972. The molecule has 2 rings (SSSR count). The summed E-state index contributed by atoms with van der Waals surface area (Å²) in [6.45, 7) is 3.99. The van der Waals surface area contributed by atoms with Crippen molar-refractivity contribution < 1.29 is 32.2 Å². The fraction of sp³-hybridized carbons (Fsp3) is 0.462. The van der Waals surface area contributed by atoms with Crippen LogP contribution in [0.5, 0.6) is 0 Å². The van der Waals surface area contributed by atoms with Gasteiger partial charge in [0.1, 0.15) is 11.7 Å². The summed E-state index contributed by atoms with van der Waals surface area (Å²) < 4.78 is 31.6. The second kappa shape index (κ2) is 7.90. The van der Waals surface area contributed by atoms with Gasteiger partial charge in [-0.05, 0) is 20.8 Å². The van der Waals surface area contributed by atoms with Crippen LogP contribution < -0.4 is 22.3 Å². The highest BCUT2D eigenvalue weighted by Gasteiger charge is 2.51. The molecule has 0 unspecified atom stereocenters. The number of oxime groups is 1. The fourth-order valence-electron chi connectivity index (χ4n) is 2.29. The summed E-state index contributed by atoms with van der Waals surface area (Å²) in [5, 5.41) is 7.46. The highest BCUT2D eigenvalue weighted by Crippen LogP contribution is 2.23. The molecule has 0 bridgehead atoms. The topological polar surface area (TPSA) is 219 Å². The van der Waals surface area contributed by atoms with E-state index in [0.717, 1.165) is 11.3 Å². The van der Waals surface area contributed by atoms with Crippen LogP contribution in [0.25, 0.3) is 0 Å². The van der Waals surface area contributed by atoms with Crippen molar-refractivity contribution in [3.8, 4) is 0 Å². The van der Waals surface area contributed by atoms with E-state index in [4.69, 9.17) is 21.0 Å². The molecule has 1 fully saturated rings. The minimum Gasteiger partial charge on any atom is -0.379 e. The van der Waals surface area contributed by atoms with Crippen molar-refractivity contribution >= 4 is 50.2 Å². The number of thiazole rings is 1. The number of nitrogen functional groups attached to an aromatic ring is 1. The summed E-state index contributed by atoms with van der Waals surface area (Å²) in [6.07, 6.45) is 0. The van der Waals surface area contributed by atoms with E-state index in [1.807, 2.05) is 5.43 Å². The Morgan fingerprint density at radius 2 is 2.07 bits per heavy atom. The molecule has 3 amide bonds. The third-order valence-corrected chi connectivity index (χ3v) is 5.58. The summed E-state index contributed by atoms with van der Waals surface area (Å²) in [6, 6.07) is -2.28. The lowest BCUT2D eigenvalue weighted by Gasteiger charge is -2.42. The van der Waals surface area contributed by atoms with Crippen molar-refractivity contribution in [3.05, 3.63) is 11.1 Å². The zero-order valence-electron chi connectivity index (χ0n) is 15.4. The highest BCUT2D eigenvalue weighted by molar-refractivity contribution is 7.84. The lowest BCUT2D eigenvalue weighted by molar-refractivity contribution is -0.144. The van der Waals surface area contributed by atoms with Gasteiger partial charge in [-0.25, -0.2) is 15.1 Å². The maximum absolute atomic E-state index is 12.7. The third kappa shape index (κ3) is 4.61. The molecule has 29 heavy (non-hydrogen) atoms. The molecule has 0 saturated carbocycles. The van der Waals surface area contributed by atoms with Crippen molar-refractivity contribution in [2.24, 2.45) is 11.0 Å². The van der Waals surface area contributed by atoms with Crippen LogP contribution in [0.4, 0.5) is 5.13 Å². The van der Waals surface area contributed by atoms with E-state index in [9.17, 15) is 22.8 Å². The van der Waals surface area contributed by atoms with Gasteiger partial charge in [0.25, 0.3) is 17.7 Å². The Hall–Kier alpha value is -2.82. The molecular weight excluding hydrogens is 430 g/mol. The number of hydrazine groups is 1. The molecule has 0 radical (unpaired) electrons. The van der Waals surface area contributed by atoms with Crippen molar-refractivity contribution in [2.75, 3.05) is 5.73 Å². The first-order chi connectivity index (χ1) is 13.3. The van der Waals surface area contributed by atoms with Crippen LogP contribution in [-0.4, -0.2) is 63.4 Å². The number of aromatic nitrogens is 1. The number of hydrogen-bond acceptors (Lipinski definition) is 11. The molecule has 0 spiro atoms. The van der Waals surface area contributed by atoms with E-state index in [1.54, 1.807) is 0 Å². The summed E-state index contributed by atoms with van der Waals surface area (Å²) in [7, 11) is -4.75. The molecule has 1 saturated heterocycles. The monoisotopic (exact) mass is 449 g/mol. The molecule has 14 nitrogen and oxygen atoms in total. The number of carbonyl (C=O) groups excluding carboxylic acids is 3. The van der Waals surface area contributed by atoms with Gasteiger partial charge < -0.3 is 15.9 Å². The van der Waals surface area contributed by atoms with Crippen molar-refractivity contribution in [1.82, 2.24) is 20.0 Å². The van der Waals surface area contributed by atoms with E-state index in [2.05, 4.69) is 15.5 Å². The smallest absolute Gasteiger partial charge is 0.362 e. The van der Waals surface area contributed by atoms with Crippen molar-refractivity contribution in [2.45, 2.75) is 38.5 Å². The predicted octanol–water partition coefficient (Wildman–Crippen LogP) is -2.27. The SMILES string of the molecule is C[C@H]1[C@H](NC(=O)/C(=N\OC(C)(C)C(=O)NN)c2csc(N)n2)C(=O)N1S(=O)(=O)O. The minimum atomic E-state index is -4.75. The number of nitrogens with one attached hydrogen (secondary N) is 2. The van der Waals surface area contributed by atoms with Gasteiger partial charge >= 0.3 is 10.3 Å². The van der Waals surface area contributed by atoms with Gasteiger partial charge in [0.2, 0.25) is 5.60 Å². The molecule has 160 valence electrons. The van der Waals surface area contributed by atoms with Gasteiger partial charge in [0.15, 0.2) is 10.8 Å². The Labute approximate surface area is 169 Å². The van der Waals surface area contributed by atoms with E-state index in [-0.39, 0.29) is 15.1 Å². The molecule has 7 N–H and O–H groups in total. The zero-order valence-corrected chi connectivity index (χ0v) is 17.1. The number of amides is 3. The Morgan fingerprint density at radius 3 is 2.52 bits per heavy atom. The van der Waals surface area contributed by atoms with Crippen LogP contribution in [0.15, 0.2) is 10.5 Å². The summed E-state index contributed by atoms with van der Waals surface area (Å²) in [5.41, 5.74) is 5.48. The van der Waals surface area contributed by atoms with Gasteiger partial charge in [-0.3, -0.25) is 24.4 Å². The molecule has 1 aliphatic rings. The van der Waals surface area contributed by atoms with E-state index in [1.165, 1.54) is 26.2 Å². The number of nitrogens with zero attached hydrogens (tertiary/aromatic N) is 3. The Kier molecular flexibility index (Phi) is 6.12. The number of β-lactam (4-membered cyclic amide) rings is 1. The average Bonchev–Trinajstić information content (AvgIpc) is 3.03. The van der Waals surface area contributed by atoms with Gasteiger partial charge in [-0.1, -0.05) is 5.16 Å². The minimum absolute atomic E-state index is 0.0000167. The average molecular weight is 449 g/mol. The number of anilines is 1. The summed E-state index contributed by atoms with van der Waals surface area (Å²) >= 11 is 1.00. The molecule has 2 atom stereocenters. The van der Waals surface area contributed by atoms with Crippen LogP contribution in [-0.2, 0) is 29.5 Å². The quantitative estimate of drug-likeness (QED) is 0.0750. The second-order valence-corrected chi connectivity index (χ2v) is 8.57. The van der Waals surface area contributed by atoms with Crippen LogP contribution in [0.2, 0.25) is 0 Å². The van der Waals surface area contributed by atoms with Gasteiger partial charge in [0.05, 0.1) is 6.04 Å². The van der Waals surface area contributed by atoms with Crippen LogP contribution >= 0.6 is 11.3 Å². The maximum Gasteiger partial charge on any atom is 0.362 e. The molecule has 16 heteroatoms. The Balaban J connectivity index is 2.26. The number of carbonyl (C=O) groups is 3. The van der Waals surface area contributed by atoms with Crippen LogP contribution in [0.1, 0.15) is 26.5 Å². The van der Waals surface area contributed by atoms with Gasteiger partial charge in [-0.15, -0.1) is 11.3 Å². The molecule has 2 heterocycles. The van der Waals surface area contributed by atoms with Crippen LogP contribution in [0.3, 0.4) is 0 Å². The lowest BCUT2D eigenvalue weighted by atomic mass is 10.0. The molecule has 1 aromatic heterocycles. The van der Waals surface area contributed by atoms with Crippen molar-refractivity contribution in [1.29, 1.82) is 0 Å². The molecule has 1 aromatic rings. The van der Waals surface area contributed by atoms with E-state index in [0.29, 0.717) is 0 Å². The van der Waals surface area contributed by atoms with Gasteiger partial charge in [0, 0.05) is 5.38 Å². The highest BCUT2D eigenvalue weighted by atomic mass is 32.2. The van der Waals surface area contributed by atoms with Crippen LogP contribution in [0, 0.1) is 0 Å². The number of rotatable bonds is 7. The first kappa shape index (κ1) is 22.5.